The van der Waals surface area contributed by atoms with E-state index in [2.05, 4.69) is 5.32 Å². The standard InChI is InChI=1S/C20H26N2O5/c1-19(14-6-7-15-16(12-14)27-11-5-10-26-15)17(23)22(18(24)21-19)13-20(25)8-3-2-4-9-20/h6-7,12,25H,2-5,8-11,13H2,1H3,(H,21,24). The van der Waals surface area contributed by atoms with Crippen molar-refractivity contribution >= 4 is 11.9 Å². The molecule has 2 aliphatic heterocycles. The number of aliphatic hydroxyl groups is 1. The van der Waals surface area contributed by atoms with Crippen LogP contribution in [0.1, 0.15) is 51.0 Å². The molecule has 1 unspecified atom stereocenters. The highest BCUT2D eigenvalue weighted by Crippen LogP contribution is 2.38. The highest BCUT2D eigenvalue weighted by atomic mass is 16.5. The summed E-state index contributed by atoms with van der Waals surface area (Å²) in [5.74, 6) is 0.878. The minimum Gasteiger partial charge on any atom is -0.490 e. The van der Waals surface area contributed by atoms with Gasteiger partial charge in [-0.2, -0.15) is 0 Å². The predicted molar refractivity (Wildman–Crippen MR) is 97.7 cm³/mol. The van der Waals surface area contributed by atoms with Gasteiger partial charge in [-0.25, -0.2) is 4.79 Å². The van der Waals surface area contributed by atoms with Gasteiger partial charge in [0.25, 0.3) is 5.91 Å². The van der Waals surface area contributed by atoms with Crippen molar-refractivity contribution < 1.29 is 24.2 Å². The van der Waals surface area contributed by atoms with Crippen LogP contribution < -0.4 is 14.8 Å². The first kappa shape index (κ1) is 18.1. The van der Waals surface area contributed by atoms with E-state index in [1.807, 2.05) is 0 Å². The van der Waals surface area contributed by atoms with Crippen LogP contribution in [-0.2, 0) is 10.3 Å². The molecule has 0 aromatic heterocycles. The molecule has 1 aliphatic carbocycles. The molecule has 2 fully saturated rings. The lowest BCUT2D eigenvalue weighted by atomic mass is 9.84. The molecule has 1 saturated heterocycles. The third-order valence-corrected chi connectivity index (χ3v) is 5.84. The summed E-state index contributed by atoms with van der Waals surface area (Å²) in [6.07, 6.45) is 4.94. The average Bonchev–Trinajstić information content (AvgIpc) is 2.83. The van der Waals surface area contributed by atoms with Gasteiger partial charge in [0.2, 0.25) is 0 Å². The molecule has 0 bridgehead atoms. The number of urea groups is 1. The Kier molecular flexibility index (Phi) is 4.50. The lowest BCUT2D eigenvalue weighted by Crippen LogP contribution is -2.48. The second-order valence-corrected chi connectivity index (χ2v) is 7.94. The van der Waals surface area contributed by atoms with E-state index in [0.29, 0.717) is 43.1 Å². The lowest BCUT2D eigenvalue weighted by molar-refractivity contribution is -0.134. The minimum atomic E-state index is -1.19. The normalized spacial score (nSPS) is 27.3. The Bertz CT molecular complexity index is 759. The number of amides is 3. The number of imide groups is 1. The van der Waals surface area contributed by atoms with Crippen molar-refractivity contribution in [2.24, 2.45) is 0 Å². The first-order valence-electron chi connectivity index (χ1n) is 9.68. The number of ether oxygens (including phenoxy) is 2. The Morgan fingerprint density at radius 2 is 1.78 bits per heavy atom. The summed E-state index contributed by atoms with van der Waals surface area (Å²) in [4.78, 5) is 26.9. The van der Waals surface area contributed by atoms with Gasteiger partial charge in [0.1, 0.15) is 5.54 Å². The van der Waals surface area contributed by atoms with Gasteiger partial charge < -0.3 is 19.9 Å². The first-order chi connectivity index (χ1) is 12.9. The van der Waals surface area contributed by atoms with Crippen molar-refractivity contribution in [2.75, 3.05) is 19.8 Å². The third-order valence-electron chi connectivity index (χ3n) is 5.84. The molecule has 4 rings (SSSR count). The molecule has 3 amide bonds. The van der Waals surface area contributed by atoms with E-state index in [0.717, 1.165) is 30.6 Å². The van der Waals surface area contributed by atoms with Gasteiger partial charge in [0.05, 0.1) is 25.4 Å². The zero-order valence-corrected chi connectivity index (χ0v) is 15.6. The minimum absolute atomic E-state index is 0.0395. The predicted octanol–water partition coefficient (Wildman–Crippen LogP) is 2.31. The quantitative estimate of drug-likeness (QED) is 0.793. The van der Waals surface area contributed by atoms with E-state index < -0.39 is 17.2 Å². The molecular weight excluding hydrogens is 348 g/mol. The van der Waals surface area contributed by atoms with Gasteiger partial charge >= 0.3 is 6.03 Å². The Hall–Kier alpha value is -2.28. The van der Waals surface area contributed by atoms with Gasteiger partial charge in [-0.3, -0.25) is 9.69 Å². The molecule has 0 spiro atoms. The molecular formula is C20H26N2O5. The van der Waals surface area contributed by atoms with Crippen LogP contribution in [-0.4, -0.2) is 47.3 Å². The number of hydrogen-bond donors (Lipinski definition) is 2. The van der Waals surface area contributed by atoms with E-state index in [-0.39, 0.29) is 12.5 Å². The fourth-order valence-corrected chi connectivity index (χ4v) is 4.17. The van der Waals surface area contributed by atoms with E-state index in [1.54, 1.807) is 25.1 Å². The monoisotopic (exact) mass is 374 g/mol. The summed E-state index contributed by atoms with van der Waals surface area (Å²) >= 11 is 0. The molecule has 0 radical (unpaired) electrons. The zero-order valence-electron chi connectivity index (χ0n) is 15.6. The maximum absolute atomic E-state index is 13.1. The molecule has 3 aliphatic rings. The number of hydrogen-bond acceptors (Lipinski definition) is 5. The summed E-state index contributed by atoms with van der Waals surface area (Å²) in [5.41, 5.74) is -1.53. The molecule has 2 N–H and O–H groups in total. The number of carbonyl (C=O) groups is 2. The largest absolute Gasteiger partial charge is 0.490 e. The second kappa shape index (κ2) is 6.71. The number of fused-ring (bicyclic) bond motifs is 1. The van der Waals surface area contributed by atoms with Crippen molar-refractivity contribution in [1.82, 2.24) is 10.2 Å². The van der Waals surface area contributed by atoms with Gasteiger partial charge in [-0.15, -0.1) is 0 Å². The number of nitrogens with zero attached hydrogens (tertiary/aromatic N) is 1. The van der Waals surface area contributed by atoms with Crippen molar-refractivity contribution in [3.8, 4) is 11.5 Å². The van der Waals surface area contributed by atoms with Crippen LogP contribution in [0.25, 0.3) is 0 Å². The second-order valence-electron chi connectivity index (χ2n) is 7.94. The molecule has 1 saturated carbocycles. The number of nitrogens with one attached hydrogen (secondary N) is 1. The molecule has 1 atom stereocenters. The smallest absolute Gasteiger partial charge is 0.325 e. The van der Waals surface area contributed by atoms with Crippen LogP contribution in [0.15, 0.2) is 18.2 Å². The number of benzene rings is 1. The van der Waals surface area contributed by atoms with Crippen molar-refractivity contribution in [3.05, 3.63) is 23.8 Å². The van der Waals surface area contributed by atoms with Gasteiger partial charge in [0, 0.05) is 6.42 Å². The van der Waals surface area contributed by atoms with E-state index in [4.69, 9.17) is 9.47 Å². The molecule has 7 nitrogen and oxygen atoms in total. The summed E-state index contributed by atoms with van der Waals surface area (Å²) in [5, 5.41) is 13.6. The van der Waals surface area contributed by atoms with Crippen molar-refractivity contribution in [2.45, 2.75) is 56.6 Å². The van der Waals surface area contributed by atoms with Crippen LogP contribution in [0.3, 0.4) is 0 Å². The highest BCUT2D eigenvalue weighted by Gasteiger charge is 2.51. The van der Waals surface area contributed by atoms with Gasteiger partial charge in [-0.1, -0.05) is 25.3 Å². The van der Waals surface area contributed by atoms with Crippen LogP contribution in [0.4, 0.5) is 4.79 Å². The zero-order chi connectivity index (χ0) is 19.1. The van der Waals surface area contributed by atoms with Crippen LogP contribution in [0, 0.1) is 0 Å². The number of carbonyl (C=O) groups excluding carboxylic acids is 2. The summed E-state index contributed by atoms with van der Waals surface area (Å²) in [7, 11) is 0. The number of rotatable bonds is 3. The van der Waals surface area contributed by atoms with Crippen molar-refractivity contribution in [1.29, 1.82) is 0 Å². The van der Waals surface area contributed by atoms with E-state index in [1.165, 1.54) is 0 Å². The molecule has 2 heterocycles. The number of β-amino-alcohol motifs (C(OH)–C–C–N with tert-alkyl or cyclic N) is 1. The Balaban J connectivity index is 1.59. The van der Waals surface area contributed by atoms with Gasteiger partial charge in [-0.05, 0) is 37.5 Å². The Labute approximate surface area is 158 Å². The topological polar surface area (TPSA) is 88.1 Å². The summed E-state index contributed by atoms with van der Waals surface area (Å²) in [6, 6.07) is 4.86. The van der Waals surface area contributed by atoms with Gasteiger partial charge in [0.15, 0.2) is 11.5 Å². The van der Waals surface area contributed by atoms with Crippen LogP contribution in [0.2, 0.25) is 0 Å². The highest BCUT2D eigenvalue weighted by molar-refractivity contribution is 6.07. The van der Waals surface area contributed by atoms with Crippen molar-refractivity contribution in [3.63, 3.8) is 0 Å². The third kappa shape index (κ3) is 3.25. The Morgan fingerprint density at radius 3 is 2.52 bits per heavy atom. The molecule has 1 aromatic rings. The van der Waals surface area contributed by atoms with E-state index in [9.17, 15) is 14.7 Å². The molecule has 7 heteroatoms. The maximum atomic E-state index is 13.1. The SMILES string of the molecule is CC1(c2ccc3c(c2)OCCCO3)NC(=O)N(CC2(O)CCCCC2)C1=O. The molecule has 146 valence electrons. The van der Waals surface area contributed by atoms with E-state index >= 15 is 0 Å². The molecule has 27 heavy (non-hydrogen) atoms. The average molecular weight is 374 g/mol. The fourth-order valence-electron chi connectivity index (χ4n) is 4.17. The lowest BCUT2D eigenvalue weighted by Gasteiger charge is -2.34. The molecule has 1 aromatic carbocycles. The summed E-state index contributed by atoms with van der Waals surface area (Å²) < 4.78 is 11.4. The van der Waals surface area contributed by atoms with Crippen LogP contribution >= 0.6 is 0 Å². The first-order valence-corrected chi connectivity index (χ1v) is 9.68. The fraction of sp³-hybridized carbons (Fsp3) is 0.600. The maximum Gasteiger partial charge on any atom is 0.325 e. The van der Waals surface area contributed by atoms with Crippen LogP contribution in [0.5, 0.6) is 11.5 Å². The summed E-state index contributed by atoms with van der Waals surface area (Å²) in [6.45, 7) is 2.87. The Morgan fingerprint density at radius 1 is 1.07 bits per heavy atom.